The van der Waals surface area contributed by atoms with E-state index in [1.54, 1.807) is 7.11 Å². The third-order valence-electron chi connectivity index (χ3n) is 4.90. The van der Waals surface area contributed by atoms with Gasteiger partial charge in [-0.1, -0.05) is 35.5 Å². The first-order chi connectivity index (χ1) is 13.1. The smallest absolute Gasteiger partial charge is 0.237 e. The molecule has 7 nitrogen and oxygen atoms in total. The summed E-state index contributed by atoms with van der Waals surface area (Å²) in [5.41, 5.74) is 1.85. The lowest BCUT2D eigenvalue weighted by molar-refractivity contribution is -0.141. The van der Waals surface area contributed by atoms with Gasteiger partial charge in [0.2, 0.25) is 5.91 Å². The Labute approximate surface area is 159 Å². The zero-order valence-corrected chi connectivity index (χ0v) is 15.8. The van der Waals surface area contributed by atoms with Crippen molar-refractivity contribution in [1.29, 1.82) is 0 Å². The van der Waals surface area contributed by atoms with Crippen LogP contribution in [0.2, 0.25) is 0 Å². The molecule has 2 N–H and O–H groups in total. The Morgan fingerprint density at radius 3 is 2.85 bits per heavy atom. The molecule has 1 aliphatic heterocycles. The highest BCUT2D eigenvalue weighted by atomic mass is 16.5. The largest absolute Gasteiger partial charge is 0.392 e. The molecule has 3 atom stereocenters. The molecule has 27 heavy (non-hydrogen) atoms. The summed E-state index contributed by atoms with van der Waals surface area (Å²) in [4.78, 5) is 14.8. The highest BCUT2D eigenvalue weighted by Crippen LogP contribution is 2.23. The maximum absolute atomic E-state index is 12.8. The lowest BCUT2D eigenvalue weighted by atomic mass is 9.98. The molecule has 1 fully saturated rings. The van der Waals surface area contributed by atoms with Crippen molar-refractivity contribution in [2.75, 3.05) is 13.7 Å². The van der Waals surface area contributed by atoms with E-state index < -0.39 is 6.10 Å². The van der Waals surface area contributed by atoms with Crippen molar-refractivity contribution in [3.8, 4) is 0 Å². The molecule has 1 aliphatic rings. The number of piperidine rings is 1. The van der Waals surface area contributed by atoms with Crippen LogP contribution >= 0.6 is 0 Å². The minimum atomic E-state index is -0.475. The van der Waals surface area contributed by atoms with Crippen molar-refractivity contribution in [2.24, 2.45) is 0 Å². The first-order valence-corrected chi connectivity index (χ1v) is 9.27. The third kappa shape index (κ3) is 5.15. The molecule has 0 radical (unpaired) electrons. The Morgan fingerprint density at radius 1 is 1.41 bits per heavy atom. The molecule has 0 bridgehead atoms. The van der Waals surface area contributed by atoms with Gasteiger partial charge >= 0.3 is 0 Å². The third-order valence-corrected chi connectivity index (χ3v) is 4.90. The number of rotatable bonds is 7. The van der Waals surface area contributed by atoms with E-state index >= 15 is 0 Å². The number of amides is 1. The van der Waals surface area contributed by atoms with E-state index in [-0.39, 0.29) is 18.2 Å². The second-order valence-corrected chi connectivity index (χ2v) is 6.98. The van der Waals surface area contributed by atoms with Crippen LogP contribution in [0.25, 0.3) is 0 Å². The van der Waals surface area contributed by atoms with Crippen LogP contribution in [0.5, 0.6) is 0 Å². The molecular weight excluding hydrogens is 346 g/mol. The number of aliphatic hydroxyl groups is 1. The lowest BCUT2D eigenvalue weighted by Gasteiger charge is -2.41. The van der Waals surface area contributed by atoms with Crippen molar-refractivity contribution in [2.45, 2.75) is 51.1 Å². The number of aliphatic hydroxyl groups excluding tert-OH is 1. The first-order valence-electron chi connectivity index (χ1n) is 9.27. The van der Waals surface area contributed by atoms with Crippen LogP contribution in [0.1, 0.15) is 29.9 Å². The quantitative estimate of drug-likeness (QED) is 0.767. The number of carbonyl (C=O) groups is 1. The highest BCUT2D eigenvalue weighted by molar-refractivity contribution is 5.81. The van der Waals surface area contributed by atoms with Crippen molar-refractivity contribution in [1.82, 2.24) is 15.4 Å². The summed E-state index contributed by atoms with van der Waals surface area (Å²) in [7, 11) is 1.60. The van der Waals surface area contributed by atoms with Gasteiger partial charge in [0.05, 0.1) is 17.8 Å². The number of hydrogen-bond acceptors (Lipinski definition) is 6. The number of aromatic nitrogens is 1. The normalized spacial score (nSPS) is 21.7. The second kappa shape index (κ2) is 9.12. The van der Waals surface area contributed by atoms with Crippen molar-refractivity contribution >= 4 is 5.91 Å². The van der Waals surface area contributed by atoms with Crippen LogP contribution in [0.3, 0.4) is 0 Å². The van der Waals surface area contributed by atoms with Gasteiger partial charge in [-0.05, 0) is 25.3 Å². The van der Waals surface area contributed by atoms with Crippen LogP contribution in [-0.2, 0) is 22.5 Å². The maximum Gasteiger partial charge on any atom is 0.237 e. The zero-order chi connectivity index (χ0) is 19.2. The number of likely N-dealkylation sites (tertiary alicyclic amines) is 1. The van der Waals surface area contributed by atoms with E-state index in [1.807, 2.05) is 48.2 Å². The highest BCUT2D eigenvalue weighted by Gasteiger charge is 2.37. The van der Waals surface area contributed by atoms with E-state index in [0.717, 1.165) is 11.3 Å². The summed E-state index contributed by atoms with van der Waals surface area (Å²) in [6, 6.07) is 11.3. The molecule has 1 unspecified atom stereocenters. The first kappa shape index (κ1) is 19.5. The summed E-state index contributed by atoms with van der Waals surface area (Å²) >= 11 is 0. The number of ether oxygens (including phenoxy) is 1. The zero-order valence-electron chi connectivity index (χ0n) is 15.8. The van der Waals surface area contributed by atoms with Gasteiger partial charge in [-0.2, -0.15) is 0 Å². The summed E-state index contributed by atoms with van der Waals surface area (Å²) in [6.07, 6.45) is 0.790. The van der Waals surface area contributed by atoms with Crippen LogP contribution in [0, 0.1) is 6.92 Å². The maximum atomic E-state index is 12.8. The van der Waals surface area contributed by atoms with Gasteiger partial charge in [0.25, 0.3) is 0 Å². The van der Waals surface area contributed by atoms with E-state index in [4.69, 9.17) is 9.26 Å². The van der Waals surface area contributed by atoms with E-state index in [1.165, 1.54) is 0 Å². The Morgan fingerprint density at radius 2 is 2.19 bits per heavy atom. The number of carbonyl (C=O) groups excluding carboxylic acids is 1. The van der Waals surface area contributed by atoms with E-state index in [2.05, 4.69) is 10.5 Å². The molecule has 3 rings (SSSR count). The number of nitrogens with one attached hydrogen (secondary N) is 1. The fraction of sp³-hybridized carbons (Fsp3) is 0.500. The summed E-state index contributed by atoms with van der Waals surface area (Å²) < 4.78 is 10.9. The Balaban J connectivity index is 1.68. The molecular formula is C20H27N3O4. The lowest BCUT2D eigenvalue weighted by Crippen LogP contribution is -2.57. The molecule has 0 spiro atoms. The van der Waals surface area contributed by atoms with Gasteiger partial charge in [0, 0.05) is 32.7 Å². The number of β-amino-alcohol motifs (C(OH)–C–C–N with tert-alkyl or cyclic N) is 1. The monoisotopic (exact) mass is 373 g/mol. The Bertz CT molecular complexity index is 734. The van der Waals surface area contributed by atoms with E-state index in [9.17, 15) is 9.90 Å². The fourth-order valence-corrected chi connectivity index (χ4v) is 3.50. The molecule has 1 aromatic heterocycles. The van der Waals surface area contributed by atoms with Crippen molar-refractivity contribution in [3.63, 3.8) is 0 Å². The number of benzene rings is 1. The van der Waals surface area contributed by atoms with Gasteiger partial charge in [-0.3, -0.25) is 9.69 Å². The van der Waals surface area contributed by atoms with Gasteiger partial charge in [-0.25, -0.2) is 0 Å². The Kier molecular flexibility index (Phi) is 6.60. The van der Waals surface area contributed by atoms with Crippen molar-refractivity contribution < 1.29 is 19.2 Å². The molecule has 146 valence electrons. The van der Waals surface area contributed by atoms with Gasteiger partial charge in [0.1, 0.15) is 12.0 Å². The van der Waals surface area contributed by atoms with Gasteiger partial charge in [0.15, 0.2) is 0 Å². The minimum Gasteiger partial charge on any atom is -0.392 e. The van der Waals surface area contributed by atoms with Crippen LogP contribution in [0.4, 0.5) is 0 Å². The Hall–Kier alpha value is -2.22. The molecule has 2 heterocycles. The van der Waals surface area contributed by atoms with Crippen LogP contribution in [0.15, 0.2) is 40.9 Å². The van der Waals surface area contributed by atoms with Crippen LogP contribution < -0.4 is 5.32 Å². The molecule has 1 amide bonds. The fourth-order valence-electron chi connectivity index (χ4n) is 3.50. The summed E-state index contributed by atoms with van der Waals surface area (Å²) in [5.74, 6) is 0.643. The minimum absolute atomic E-state index is 0.0541. The molecule has 7 heteroatoms. The number of aryl methyl sites for hydroxylation is 1. The predicted molar refractivity (Wildman–Crippen MR) is 99.8 cm³/mol. The van der Waals surface area contributed by atoms with Crippen LogP contribution in [-0.4, -0.2) is 53.1 Å². The average molecular weight is 373 g/mol. The van der Waals surface area contributed by atoms with E-state index in [0.29, 0.717) is 38.1 Å². The van der Waals surface area contributed by atoms with Gasteiger partial charge in [-0.15, -0.1) is 0 Å². The average Bonchev–Trinajstić information content (AvgIpc) is 3.10. The summed E-state index contributed by atoms with van der Waals surface area (Å²) in [5, 5.41) is 17.0. The number of hydrogen-bond donors (Lipinski definition) is 2. The number of nitrogens with zero attached hydrogens (tertiary/aromatic N) is 2. The molecule has 1 saturated heterocycles. The van der Waals surface area contributed by atoms with Gasteiger partial charge < -0.3 is 19.7 Å². The standard InChI is InChI=1S/C20H27N3O4/c1-14-10-17(27-22-14)11-19(26-2)23-13-16(24)8-9-18(23)20(25)21-12-15-6-4-3-5-7-15/h3-7,10,16,18-19,24H,8-9,11-13H2,1-2H3,(H,21,25)/t16-,18+,19?/m1/s1. The number of methoxy groups -OCH3 is 1. The molecule has 2 aromatic rings. The molecule has 0 saturated carbocycles. The SMILES string of the molecule is COC(Cc1cc(C)no1)N1C[C@H](O)CC[C@H]1C(=O)NCc1ccccc1. The predicted octanol–water partition coefficient (Wildman–Crippen LogP) is 1.64. The second-order valence-electron chi connectivity index (χ2n) is 6.98. The molecule has 1 aromatic carbocycles. The summed E-state index contributed by atoms with van der Waals surface area (Å²) in [6.45, 7) is 2.72. The van der Waals surface area contributed by atoms with Crippen molar-refractivity contribution in [3.05, 3.63) is 53.4 Å². The topological polar surface area (TPSA) is 87.8 Å². The molecule has 0 aliphatic carbocycles.